The van der Waals surface area contributed by atoms with E-state index in [0.29, 0.717) is 0 Å². The molecule has 86 valence electrons. The first-order chi connectivity index (χ1) is 6.37. The van der Waals surface area contributed by atoms with E-state index in [1.54, 1.807) is 0 Å². The number of hydrogen-bond acceptors (Lipinski definition) is 3. The highest BCUT2D eigenvalue weighted by Gasteiger charge is 2.14. The van der Waals surface area contributed by atoms with E-state index >= 15 is 0 Å². The molecule has 0 radical (unpaired) electrons. The molecular weight excluding hydrogens is 248 g/mol. The Morgan fingerprint density at radius 3 is 1.71 bits per heavy atom. The first-order valence-corrected chi connectivity index (χ1v) is 5.85. The third kappa shape index (κ3) is 17.9. The molecule has 0 fully saturated rings. The summed E-state index contributed by atoms with van der Waals surface area (Å²) in [6.07, 6.45) is 0. The third-order valence-corrected chi connectivity index (χ3v) is 1.40. The summed E-state index contributed by atoms with van der Waals surface area (Å²) in [5.41, 5.74) is -0.356. The molecule has 0 heterocycles. The minimum absolute atomic E-state index is 0.220. The second-order valence-corrected chi connectivity index (χ2v) is 4.06. The molecule has 0 unspecified atom stereocenters. The minimum atomic E-state index is -0.356. The van der Waals surface area contributed by atoms with E-state index in [1.165, 1.54) is 0 Å². The molecule has 0 aromatic carbocycles. The lowest BCUT2D eigenvalue weighted by atomic mass is 10.2. The topological polar surface area (TPSA) is 35.5 Å². The normalized spacial score (nSPS) is 10.1. The van der Waals surface area contributed by atoms with Crippen LogP contribution in [0.2, 0.25) is 0 Å². The van der Waals surface area contributed by atoms with Gasteiger partial charge in [-0.2, -0.15) is 0 Å². The van der Waals surface area contributed by atoms with Crippen molar-refractivity contribution in [3.8, 4) is 0 Å². The van der Waals surface area contributed by atoms with Gasteiger partial charge in [-0.1, -0.05) is 15.9 Å². The average molecular weight is 269 g/mol. The number of carbonyl (C=O) groups excluding carboxylic acids is 1. The zero-order valence-electron chi connectivity index (χ0n) is 9.72. The predicted molar refractivity (Wildman–Crippen MR) is 61.8 cm³/mol. The van der Waals surface area contributed by atoms with E-state index in [-0.39, 0.29) is 16.9 Å². The molecule has 0 N–H and O–H groups in total. The maximum atomic E-state index is 10.6. The quantitative estimate of drug-likeness (QED) is 0.583. The summed E-state index contributed by atoms with van der Waals surface area (Å²) in [4.78, 5) is 10.6. The van der Waals surface area contributed by atoms with Crippen molar-refractivity contribution in [2.75, 3.05) is 18.5 Å². The highest BCUT2D eigenvalue weighted by Crippen LogP contribution is 2.07. The van der Waals surface area contributed by atoms with Gasteiger partial charge in [0, 0.05) is 13.2 Å². The maximum Gasteiger partial charge on any atom is 0.317 e. The first-order valence-electron chi connectivity index (χ1n) is 4.72. The molecule has 0 spiro atoms. The van der Waals surface area contributed by atoms with Gasteiger partial charge in [0.1, 0.15) is 10.9 Å². The van der Waals surface area contributed by atoms with Crippen LogP contribution < -0.4 is 0 Å². The molecule has 3 nitrogen and oxygen atoms in total. The highest BCUT2D eigenvalue weighted by molar-refractivity contribution is 9.09. The van der Waals surface area contributed by atoms with Gasteiger partial charge < -0.3 is 9.47 Å². The van der Waals surface area contributed by atoms with Crippen LogP contribution in [0.15, 0.2) is 0 Å². The van der Waals surface area contributed by atoms with Crippen molar-refractivity contribution in [2.45, 2.75) is 40.2 Å². The molecule has 0 aliphatic heterocycles. The monoisotopic (exact) mass is 268 g/mol. The molecule has 0 amide bonds. The van der Waals surface area contributed by atoms with Crippen molar-refractivity contribution in [1.82, 2.24) is 0 Å². The van der Waals surface area contributed by atoms with Crippen LogP contribution in [-0.2, 0) is 14.3 Å². The van der Waals surface area contributed by atoms with Crippen LogP contribution in [0.5, 0.6) is 0 Å². The molecule has 0 rings (SSSR count). The Bertz CT molecular complexity index is 139. The van der Waals surface area contributed by atoms with Gasteiger partial charge in [-0.15, -0.1) is 0 Å². The van der Waals surface area contributed by atoms with Crippen LogP contribution in [0, 0.1) is 0 Å². The number of alkyl halides is 1. The van der Waals surface area contributed by atoms with Gasteiger partial charge in [0.05, 0.1) is 0 Å². The maximum absolute atomic E-state index is 10.6. The van der Waals surface area contributed by atoms with Gasteiger partial charge >= 0.3 is 5.97 Å². The van der Waals surface area contributed by atoms with E-state index < -0.39 is 0 Å². The van der Waals surface area contributed by atoms with E-state index in [9.17, 15) is 4.79 Å². The zero-order chi connectivity index (χ0) is 11.6. The Morgan fingerprint density at radius 2 is 1.64 bits per heavy atom. The number of ether oxygens (including phenoxy) is 2. The Morgan fingerprint density at radius 1 is 1.21 bits per heavy atom. The molecule has 0 atom stereocenters. The lowest BCUT2D eigenvalue weighted by Gasteiger charge is -2.18. The van der Waals surface area contributed by atoms with E-state index in [1.807, 2.05) is 34.6 Å². The van der Waals surface area contributed by atoms with Crippen LogP contribution in [0.4, 0.5) is 0 Å². The second kappa shape index (κ2) is 9.46. The summed E-state index contributed by atoms with van der Waals surface area (Å²) in [6, 6.07) is 0. The molecule has 0 aromatic rings. The van der Waals surface area contributed by atoms with Crippen LogP contribution in [0.3, 0.4) is 0 Å². The number of carbonyl (C=O) groups is 1. The standard InChI is InChI=1S/C6H11BrO2.C4H10O/c1-6(2,3)9-5(8)4-7;1-3-5-4-2/h4H2,1-3H3;3-4H2,1-2H3. The van der Waals surface area contributed by atoms with E-state index in [4.69, 9.17) is 9.47 Å². The largest absolute Gasteiger partial charge is 0.459 e. The van der Waals surface area contributed by atoms with Crippen molar-refractivity contribution >= 4 is 21.9 Å². The third-order valence-electron chi connectivity index (χ3n) is 0.937. The first kappa shape index (κ1) is 16.3. The molecule has 0 aromatic heterocycles. The summed E-state index contributed by atoms with van der Waals surface area (Å²) in [7, 11) is 0. The van der Waals surface area contributed by atoms with Gasteiger partial charge in [-0.3, -0.25) is 4.79 Å². The Hall–Kier alpha value is -0.0900. The summed E-state index contributed by atoms with van der Waals surface area (Å²) in [5, 5.41) is 0.268. The van der Waals surface area contributed by atoms with Crippen molar-refractivity contribution in [1.29, 1.82) is 0 Å². The van der Waals surface area contributed by atoms with Crippen LogP contribution in [0.1, 0.15) is 34.6 Å². The minimum Gasteiger partial charge on any atom is -0.459 e. The highest BCUT2D eigenvalue weighted by atomic mass is 79.9. The van der Waals surface area contributed by atoms with Crippen molar-refractivity contribution in [3.63, 3.8) is 0 Å². The zero-order valence-corrected chi connectivity index (χ0v) is 11.3. The molecule has 0 aliphatic carbocycles. The van der Waals surface area contributed by atoms with Crippen LogP contribution in [0.25, 0.3) is 0 Å². The number of rotatable bonds is 3. The average Bonchev–Trinajstić information content (AvgIpc) is 2.04. The molecule has 0 saturated carbocycles. The molecule has 0 bridgehead atoms. The van der Waals surface area contributed by atoms with Gasteiger partial charge in [0.15, 0.2) is 0 Å². The van der Waals surface area contributed by atoms with Crippen molar-refractivity contribution in [3.05, 3.63) is 0 Å². The predicted octanol–water partition coefficient (Wildman–Crippen LogP) is 2.77. The van der Waals surface area contributed by atoms with Crippen LogP contribution in [-0.4, -0.2) is 30.1 Å². The lowest BCUT2D eigenvalue weighted by Crippen LogP contribution is -2.24. The smallest absolute Gasteiger partial charge is 0.317 e. The van der Waals surface area contributed by atoms with Gasteiger partial charge in [-0.05, 0) is 34.6 Å². The van der Waals surface area contributed by atoms with Crippen LogP contribution >= 0.6 is 15.9 Å². The Kier molecular flexibility index (Phi) is 11.0. The number of halogens is 1. The van der Waals surface area contributed by atoms with E-state index in [0.717, 1.165) is 13.2 Å². The number of esters is 1. The second-order valence-electron chi connectivity index (χ2n) is 3.50. The Balaban J connectivity index is 0. The Labute approximate surface area is 95.3 Å². The fraction of sp³-hybridized carbons (Fsp3) is 0.900. The molecule has 4 heteroatoms. The van der Waals surface area contributed by atoms with Gasteiger partial charge in [0.2, 0.25) is 0 Å². The van der Waals surface area contributed by atoms with Crippen molar-refractivity contribution in [2.24, 2.45) is 0 Å². The fourth-order valence-electron chi connectivity index (χ4n) is 0.573. The molecule has 0 saturated heterocycles. The summed E-state index contributed by atoms with van der Waals surface area (Å²) >= 11 is 2.99. The lowest BCUT2D eigenvalue weighted by molar-refractivity contribution is -0.151. The molecule has 14 heavy (non-hydrogen) atoms. The summed E-state index contributed by atoms with van der Waals surface area (Å²) < 4.78 is 9.73. The van der Waals surface area contributed by atoms with Gasteiger partial charge in [-0.25, -0.2) is 0 Å². The summed E-state index contributed by atoms with van der Waals surface area (Å²) in [5.74, 6) is -0.220. The summed E-state index contributed by atoms with van der Waals surface area (Å²) in [6.45, 7) is 11.2. The van der Waals surface area contributed by atoms with Crippen molar-refractivity contribution < 1.29 is 14.3 Å². The number of hydrogen-bond donors (Lipinski definition) is 0. The van der Waals surface area contributed by atoms with Gasteiger partial charge in [0.25, 0.3) is 0 Å². The SMILES string of the molecule is CC(C)(C)OC(=O)CBr.CCOCC. The molecule has 0 aliphatic rings. The fourth-order valence-corrected chi connectivity index (χ4v) is 0.687. The van der Waals surface area contributed by atoms with E-state index in [2.05, 4.69) is 15.9 Å². The molecular formula is C10H21BrO3.